The minimum Gasteiger partial charge on any atom is -0.365 e. The molecule has 0 radical (unpaired) electrons. The van der Waals surface area contributed by atoms with E-state index in [0.29, 0.717) is 12.2 Å². The highest BCUT2D eigenvalue weighted by molar-refractivity contribution is 5.93. The van der Waals surface area contributed by atoms with Crippen molar-refractivity contribution < 1.29 is 4.79 Å². The van der Waals surface area contributed by atoms with E-state index in [1.807, 2.05) is 37.3 Å². The van der Waals surface area contributed by atoms with Crippen molar-refractivity contribution >= 4 is 5.91 Å². The molecular formula is C13H15N3O2. The first-order chi connectivity index (χ1) is 8.57. The number of hydrogen-bond acceptors (Lipinski definition) is 2. The minimum atomic E-state index is -0.686. The number of primary amides is 1. The molecule has 2 N–H and O–H groups in total. The molecule has 0 unspecified atom stereocenters. The van der Waals surface area contributed by atoms with Crippen molar-refractivity contribution in [3.05, 3.63) is 51.9 Å². The van der Waals surface area contributed by atoms with Crippen LogP contribution in [0.5, 0.6) is 0 Å². The number of amides is 1. The van der Waals surface area contributed by atoms with E-state index in [1.165, 1.54) is 4.68 Å². The smallest absolute Gasteiger partial charge is 0.284 e. The molecule has 1 aromatic heterocycles. The molecule has 1 amide bonds. The maximum absolute atomic E-state index is 12.3. The molecule has 18 heavy (non-hydrogen) atoms. The third-order valence-electron chi connectivity index (χ3n) is 2.94. The molecule has 0 saturated heterocycles. The zero-order valence-corrected chi connectivity index (χ0v) is 10.4. The predicted octanol–water partition coefficient (Wildman–Crippen LogP) is 1.07. The molecule has 2 aromatic rings. The van der Waals surface area contributed by atoms with Crippen molar-refractivity contribution in [1.82, 2.24) is 9.36 Å². The lowest BCUT2D eigenvalue weighted by Gasteiger charge is -2.10. The summed E-state index contributed by atoms with van der Waals surface area (Å²) in [6.07, 6.45) is 0. The quantitative estimate of drug-likeness (QED) is 0.878. The van der Waals surface area contributed by atoms with Crippen LogP contribution in [0.15, 0.2) is 35.1 Å². The van der Waals surface area contributed by atoms with Crippen molar-refractivity contribution in [3.63, 3.8) is 0 Å². The molecule has 94 valence electrons. The van der Waals surface area contributed by atoms with E-state index in [4.69, 9.17) is 5.73 Å². The van der Waals surface area contributed by atoms with E-state index < -0.39 is 5.91 Å². The summed E-state index contributed by atoms with van der Waals surface area (Å²) in [5.41, 5.74) is 6.27. The number of nitrogens with two attached hydrogens (primary N) is 1. The molecule has 0 aliphatic rings. The monoisotopic (exact) mass is 245 g/mol. The van der Waals surface area contributed by atoms with Gasteiger partial charge < -0.3 is 5.73 Å². The third kappa shape index (κ3) is 1.73. The number of hydrogen-bond donors (Lipinski definition) is 1. The van der Waals surface area contributed by atoms with Gasteiger partial charge in [-0.25, -0.2) is 4.68 Å². The Morgan fingerprint density at radius 2 is 1.89 bits per heavy atom. The lowest BCUT2D eigenvalue weighted by molar-refractivity contribution is 0.0998. The largest absolute Gasteiger partial charge is 0.365 e. The summed E-state index contributed by atoms with van der Waals surface area (Å²) >= 11 is 0. The van der Waals surface area contributed by atoms with Crippen LogP contribution in [0.25, 0.3) is 5.69 Å². The van der Waals surface area contributed by atoms with Gasteiger partial charge in [-0.05, 0) is 26.0 Å². The number of aromatic nitrogens is 2. The average Bonchev–Trinajstić information content (AvgIpc) is 2.61. The van der Waals surface area contributed by atoms with E-state index in [2.05, 4.69) is 0 Å². The Bertz CT molecular complexity index is 638. The Morgan fingerprint density at radius 3 is 2.39 bits per heavy atom. The van der Waals surface area contributed by atoms with E-state index in [9.17, 15) is 9.59 Å². The average molecular weight is 245 g/mol. The second-order valence-corrected chi connectivity index (χ2v) is 3.99. The minimum absolute atomic E-state index is 0.0562. The Balaban J connectivity index is 2.80. The zero-order valence-electron chi connectivity index (χ0n) is 10.4. The van der Waals surface area contributed by atoms with Crippen LogP contribution >= 0.6 is 0 Å². The topological polar surface area (TPSA) is 70.0 Å². The van der Waals surface area contributed by atoms with E-state index in [-0.39, 0.29) is 11.1 Å². The second-order valence-electron chi connectivity index (χ2n) is 3.99. The van der Waals surface area contributed by atoms with Crippen LogP contribution < -0.4 is 11.3 Å². The molecule has 0 spiro atoms. The molecule has 0 atom stereocenters. The molecule has 0 aliphatic carbocycles. The highest BCUT2D eigenvalue weighted by Gasteiger charge is 2.20. The van der Waals surface area contributed by atoms with E-state index >= 15 is 0 Å². The van der Waals surface area contributed by atoms with Gasteiger partial charge in [0.15, 0.2) is 0 Å². The van der Waals surface area contributed by atoms with Crippen LogP contribution in [0, 0.1) is 6.92 Å². The molecule has 1 heterocycles. The van der Waals surface area contributed by atoms with Gasteiger partial charge in [0.05, 0.1) is 11.4 Å². The lowest BCUT2D eigenvalue weighted by atomic mass is 10.2. The summed E-state index contributed by atoms with van der Waals surface area (Å²) in [4.78, 5) is 23.6. The molecule has 5 nitrogen and oxygen atoms in total. The Hall–Kier alpha value is -2.30. The molecular weight excluding hydrogens is 230 g/mol. The van der Waals surface area contributed by atoms with Gasteiger partial charge in [-0.15, -0.1) is 0 Å². The molecule has 1 aromatic carbocycles. The Morgan fingerprint density at radius 1 is 1.28 bits per heavy atom. The summed E-state index contributed by atoms with van der Waals surface area (Å²) in [5.74, 6) is -0.686. The molecule has 0 aliphatic heterocycles. The Kier molecular flexibility index (Phi) is 3.06. The Labute approximate surface area is 104 Å². The fourth-order valence-corrected chi connectivity index (χ4v) is 2.14. The summed E-state index contributed by atoms with van der Waals surface area (Å²) in [5, 5.41) is 0. The van der Waals surface area contributed by atoms with E-state index in [1.54, 1.807) is 11.6 Å². The molecule has 2 rings (SSSR count). The summed E-state index contributed by atoms with van der Waals surface area (Å²) < 4.78 is 3.23. The van der Waals surface area contributed by atoms with Gasteiger partial charge in [0, 0.05) is 6.54 Å². The van der Waals surface area contributed by atoms with Crippen LogP contribution in [0.4, 0.5) is 0 Å². The number of carbonyl (C=O) groups excluding carboxylic acids is 1. The maximum atomic E-state index is 12.3. The summed E-state index contributed by atoms with van der Waals surface area (Å²) in [6.45, 7) is 4.23. The highest BCUT2D eigenvalue weighted by Crippen LogP contribution is 2.10. The van der Waals surface area contributed by atoms with Gasteiger partial charge in [0.25, 0.3) is 11.5 Å². The number of para-hydroxylation sites is 1. The van der Waals surface area contributed by atoms with Gasteiger partial charge in [0.1, 0.15) is 5.56 Å². The lowest BCUT2D eigenvalue weighted by Crippen LogP contribution is -2.25. The number of benzene rings is 1. The molecule has 0 fully saturated rings. The van der Waals surface area contributed by atoms with Gasteiger partial charge in [-0.3, -0.25) is 14.3 Å². The normalized spacial score (nSPS) is 10.6. The van der Waals surface area contributed by atoms with Crippen LogP contribution in [0.3, 0.4) is 0 Å². The van der Waals surface area contributed by atoms with Crippen LogP contribution in [-0.2, 0) is 6.54 Å². The van der Waals surface area contributed by atoms with Crippen LogP contribution in [0.2, 0.25) is 0 Å². The van der Waals surface area contributed by atoms with Crippen molar-refractivity contribution in [3.8, 4) is 5.69 Å². The van der Waals surface area contributed by atoms with Gasteiger partial charge >= 0.3 is 0 Å². The molecule has 0 saturated carbocycles. The van der Waals surface area contributed by atoms with Gasteiger partial charge in [-0.1, -0.05) is 18.2 Å². The van der Waals surface area contributed by atoms with Crippen LogP contribution in [-0.4, -0.2) is 15.3 Å². The zero-order chi connectivity index (χ0) is 13.3. The first-order valence-corrected chi connectivity index (χ1v) is 5.75. The van der Waals surface area contributed by atoms with Crippen LogP contribution in [0.1, 0.15) is 23.0 Å². The van der Waals surface area contributed by atoms with Crippen molar-refractivity contribution in [2.24, 2.45) is 5.73 Å². The van der Waals surface area contributed by atoms with Crippen molar-refractivity contribution in [2.75, 3.05) is 0 Å². The second kappa shape index (κ2) is 4.52. The van der Waals surface area contributed by atoms with E-state index in [0.717, 1.165) is 5.69 Å². The van der Waals surface area contributed by atoms with Crippen molar-refractivity contribution in [1.29, 1.82) is 0 Å². The summed E-state index contributed by atoms with van der Waals surface area (Å²) in [7, 11) is 0. The maximum Gasteiger partial charge on any atom is 0.284 e. The highest BCUT2D eigenvalue weighted by atomic mass is 16.2. The summed E-state index contributed by atoms with van der Waals surface area (Å²) in [6, 6.07) is 9.19. The first kappa shape index (κ1) is 12.2. The number of carbonyl (C=O) groups is 1. The fraction of sp³-hybridized carbons (Fsp3) is 0.231. The predicted molar refractivity (Wildman–Crippen MR) is 69.0 cm³/mol. The van der Waals surface area contributed by atoms with Gasteiger partial charge in [-0.2, -0.15) is 0 Å². The standard InChI is InChI=1S/C13H15N3O2/c1-3-15-9(2)11(12(14)17)13(18)16(15)10-7-5-4-6-8-10/h4-8H,3H2,1-2H3,(H2,14,17). The molecule has 5 heteroatoms. The first-order valence-electron chi connectivity index (χ1n) is 5.75. The number of nitrogens with zero attached hydrogens (tertiary/aromatic N) is 2. The number of rotatable bonds is 3. The SMILES string of the molecule is CCn1c(C)c(C(N)=O)c(=O)n1-c1ccccc1. The third-order valence-corrected chi connectivity index (χ3v) is 2.94. The fourth-order valence-electron chi connectivity index (χ4n) is 2.14. The van der Waals surface area contributed by atoms with Crippen molar-refractivity contribution in [2.45, 2.75) is 20.4 Å². The van der Waals surface area contributed by atoms with Gasteiger partial charge in [0.2, 0.25) is 0 Å². The molecule has 0 bridgehead atoms.